The molecule has 0 amide bonds. The zero-order valence-electron chi connectivity index (χ0n) is 25.7. The van der Waals surface area contributed by atoms with Crippen LogP contribution in [0.1, 0.15) is 18.4 Å². The van der Waals surface area contributed by atoms with Gasteiger partial charge in [0, 0.05) is 11.8 Å². The predicted octanol–water partition coefficient (Wildman–Crippen LogP) is 2.48. The minimum absolute atomic E-state index is 0.255. The van der Waals surface area contributed by atoms with Gasteiger partial charge in [-0.05, 0) is 24.3 Å². The number of imidazole rings is 1. The van der Waals surface area contributed by atoms with Gasteiger partial charge in [0.05, 0.1) is 11.3 Å². The van der Waals surface area contributed by atoms with E-state index in [-0.39, 0.29) is 32.5 Å². The van der Waals surface area contributed by atoms with Gasteiger partial charge in [-0.15, -0.1) is 0 Å². The van der Waals surface area contributed by atoms with Gasteiger partial charge in [-0.25, -0.2) is 15.0 Å². The fraction of sp³-hybridized carbons (Fsp3) is 0.222. The molecule has 0 radical (unpaired) electrons. The average Bonchev–Trinajstić information content (AvgIpc) is 3.76. The number of aromatic nitrogens is 4. The topological polar surface area (TPSA) is 125 Å². The molecule has 2 N–H and O–H groups in total. The summed E-state index contributed by atoms with van der Waals surface area (Å²) in [6.07, 6.45) is 4.00. The van der Waals surface area contributed by atoms with Crippen molar-refractivity contribution in [3.63, 3.8) is 0 Å². The van der Waals surface area contributed by atoms with Gasteiger partial charge in [-0.2, -0.15) is 0 Å². The quantitative estimate of drug-likeness (QED) is 0.267. The van der Waals surface area contributed by atoms with Crippen LogP contribution in [0, 0.1) is 16.7 Å². The number of rotatable bonds is 6. The number of fused-ring (bicyclic) bond motifs is 1. The van der Waals surface area contributed by atoms with Crippen LogP contribution in [-0.4, -0.2) is 65.6 Å². The monoisotopic (exact) mass is 731 g/mol. The first-order valence-electron chi connectivity index (χ1n) is 15.6. The van der Waals surface area contributed by atoms with Gasteiger partial charge in [-0.1, -0.05) is 30.3 Å². The van der Waals surface area contributed by atoms with Crippen LogP contribution in [0.2, 0.25) is 0 Å². The van der Waals surface area contributed by atoms with Crippen molar-refractivity contribution < 1.29 is 21.2 Å². The van der Waals surface area contributed by atoms with Gasteiger partial charge in [0.15, 0.2) is 11.5 Å². The molecule has 0 saturated carbocycles. The Morgan fingerprint density at radius 3 is 2.60 bits per heavy atom. The standard InChI is InChI=1S/C36H32IN10/c38-20-31-41-24-37-19-32(44-31)46-18-15-36(23-46)14-17-45(22-36)21-25-8-10-27(11-9-25)47-34(28-7-4-16-40-33(28)39)43-30-13-12-29(42-35(30)47)26-5-2-1-3-6-26/h1-13,16,19,24H,14-15,17-18,21-23H2,(H2,39,40)/q-1/t36-/m1/s1. The third-order valence-electron chi connectivity index (χ3n) is 9.24. The van der Waals surface area contributed by atoms with Crippen LogP contribution in [0.4, 0.5) is 5.82 Å². The Kier molecular flexibility index (Phi) is 7.74. The third kappa shape index (κ3) is 5.79. The van der Waals surface area contributed by atoms with E-state index in [4.69, 9.17) is 15.7 Å². The molecule has 2 fully saturated rings. The molecular weight excluding hydrogens is 699 g/mol. The Morgan fingerprint density at radius 1 is 0.915 bits per heavy atom. The van der Waals surface area contributed by atoms with E-state index in [0.717, 1.165) is 78.6 Å². The molecule has 2 aromatic carbocycles. The molecule has 1 spiro atoms. The van der Waals surface area contributed by atoms with Crippen LogP contribution in [0.15, 0.2) is 105 Å². The number of hydrogen-bond donors (Lipinski definition) is 1. The number of nitrogens with zero attached hydrogens (tertiary/aromatic N) is 9. The first-order chi connectivity index (χ1) is 23.1. The van der Waals surface area contributed by atoms with E-state index in [1.807, 2.05) is 46.7 Å². The number of nitrogens with two attached hydrogens (primary N) is 1. The zero-order valence-corrected chi connectivity index (χ0v) is 27.8. The number of benzene rings is 2. The molecule has 0 bridgehead atoms. The van der Waals surface area contributed by atoms with E-state index in [1.165, 1.54) is 12.0 Å². The van der Waals surface area contributed by atoms with E-state index >= 15 is 0 Å². The summed E-state index contributed by atoms with van der Waals surface area (Å²) in [7, 11) is 0. The van der Waals surface area contributed by atoms with Crippen molar-refractivity contribution in [1.29, 1.82) is 5.26 Å². The number of pyridine rings is 2. The van der Waals surface area contributed by atoms with Crippen molar-refractivity contribution in [1.82, 2.24) is 29.3 Å². The SMILES string of the molecule is N#CC1=NC(N2CC[C@@]3(CCN(Cc4ccc(-n5c(-c6cccnc6N)nc6ccc(-c7ccccc7)nc65)cc4)C3)C2)=C[I-]C=N1. The minimum atomic E-state index is -0.320. The van der Waals surface area contributed by atoms with Gasteiger partial charge in [-0.3, -0.25) is 4.57 Å². The second kappa shape index (κ2) is 12.4. The molecule has 47 heavy (non-hydrogen) atoms. The Morgan fingerprint density at radius 2 is 1.77 bits per heavy atom. The molecule has 11 heteroatoms. The Hall–Kier alpha value is -4.93. The maximum atomic E-state index is 9.35. The van der Waals surface area contributed by atoms with Crippen molar-refractivity contribution in [3.05, 3.63) is 101 Å². The molecule has 1 atom stereocenters. The van der Waals surface area contributed by atoms with Crippen LogP contribution in [0.3, 0.4) is 0 Å². The Balaban J connectivity index is 1.04. The fourth-order valence-corrected chi connectivity index (χ4v) is 8.35. The van der Waals surface area contributed by atoms with E-state index in [0.29, 0.717) is 11.6 Å². The molecule has 3 aromatic heterocycles. The van der Waals surface area contributed by atoms with E-state index in [9.17, 15) is 5.26 Å². The molecule has 0 aliphatic carbocycles. The molecule has 3 aliphatic rings. The fourth-order valence-electron chi connectivity index (χ4n) is 6.91. The molecule has 3 aliphatic heterocycles. The number of nitriles is 1. The van der Waals surface area contributed by atoms with E-state index < -0.39 is 0 Å². The molecule has 6 heterocycles. The number of halogens is 1. The first-order valence-corrected chi connectivity index (χ1v) is 18.1. The van der Waals surface area contributed by atoms with Gasteiger partial charge >= 0.3 is 159 Å². The van der Waals surface area contributed by atoms with Gasteiger partial charge in [0.1, 0.15) is 11.3 Å². The second-order valence-electron chi connectivity index (χ2n) is 12.3. The van der Waals surface area contributed by atoms with E-state index in [1.54, 1.807) is 6.20 Å². The molecule has 0 unspecified atom stereocenters. The number of likely N-dealkylation sites (tertiary alicyclic amines) is 2. The summed E-state index contributed by atoms with van der Waals surface area (Å²) < 4.78 is 6.15. The zero-order chi connectivity index (χ0) is 31.8. The number of nitrogen functional groups attached to an aromatic ring is 1. The Bertz CT molecular complexity index is 2090. The van der Waals surface area contributed by atoms with Crippen molar-refractivity contribution in [2.24, 2.45) is 15.4 Å². The van der Waals surface area contributed by atoms with Crippen LogP contribution in [0.5, 0.6) is 0 Å². The van der Waals surface area contributed by atoms with Crippen LogP contribution >= 0.6 is 0 Å². The van der Waals surface area contributed by atoms with Gasteiger partial charge in [0.2, 0.25) is 0 Å². The molecule has 2 saturated heterocycles. The van der Waals surface area contributed by atoms with Crippen molar-refractivity contribution in [3.8, 4) is 34.4 Å². The predicted molar refractivity (Wildman–Crippen MR) is 180 cm³/mol. The van der Waals surface area contributed by atoms with Crippen LogP contribution in [-0.2, 0) is 6.54 Å². The normalized spacial score (nSPS) is 19.8. The number of aliphatic imine (C=N–C) groups is 2. The average molecular weight is 732 g/mol. The first kappa shape index (κ1) is 29.5. The van der Waals surface area contributed by atoms with Crippen LogP contribution in [0.25, 0.3) is 39.5 Å². The van der Waals surface area contributed by atoms with Gasteiger partial charge in [0.25, 0.3) is 0 Å². The molecule has 234 valence electrons. The Labute approximate surface area is 283 Å². The summed E-state index contributed by atoms with van der Waals surface area (Å²) in [5, 5.41) is 9.35. The molecular formula is C36H32IN10-. The summed E-state index contributed by atoms with van der Waals surface area (Å²) in [5.41, 5.74) is 13.1. The molecule has 8 rings (SSSR count). The molecule has 5 aromatic rings. The van der Waals surface area contributed by atoms with Crippen LogP contribution < -0.4 is 26.9 Å². The summed E-state index contributed by atoms with van der Waals surface area (Å²) >= 11 is -0.320. The van der Waals surface area contributed by atoms with Crippen molar-refractivity contribution in [2.75, 3.05) is 31.9 Å². The second-order valence-corrected chi connectivity index (χ2v) is 14.2. The molecule has 10 nitrogen and oxygen atoms in total. The summed E-state index contributed by atoms with van der Waals surface area (Å²) in [5.74, 6) is 2.34. The number of anilines is 1. The maximum absolute atomic E-state index is 9.35. The number of amidine groups is 1. The summed E-state index contributed by atoms with van der Waals surface area (Å²) in [6, 6.07) is 28.9. The van der Waals surface area contributed by atoms with E-state index in [2.05, 4.69) is 75.9 Å². The number of hydrogen-bond acceptors (Lipinski definition) is 9. The third-order valence-corrected chi connectivity index (χ3v) is 10.8. The summed E-state index contributed by atoms with van der Waals surface area (Å²) in [4.78, 5) is 28.1. The summed E-state index contributed by atoms with van der Waals surface area (Å²) in [6.45, 7) is 4.97. The van der Waals surface area contributed by atoms with Crippen molar-refractivity contribution in [2.45, 2.75) is 19.4 Å². The van der Waals surface area contributed by atoms with Gasteiger partial charge < -0.3 is 5.73 Å². The van der Waals surface area contributed by atoms with Crippen molar-refractivity contribution >= 4 is 27.0 Å².